The summed E-state index contributed by atoms with van der Waals surface area (Å²) in [6.07, 6.45) is 1.38. The summed E-state index contributed by atoms with van der Waals surface area (Å²) in [7, 11) is 2.02. The number of nitrogens with one attached hydrogen (secondary N) is 1. The molecule has 2 heteroatoms. The van der Waals surface area contributed by atoms with Crippen molar-refractivity contribution in [3.63, 3.8) is 0 Å². The maximum atomic E-state index is 3.19. The summed E-state index contributed by atoms with van der Waals surface area (Å²) in [5.74, 6) is 0. The van der Waals surface area contributed by atoms with Crippen molar-refractivity contribution in [3.05, 3.63) is 0 Å². The van der Waals surface area contributed by atoms with Crippen LogP contribution in [0.4, 0.5) is 0 Å². The van der Waals surface area contributed by atoms with Gasteiger partial charge in [-0.1, -0.05) is 6.92 Å². The van der Waals surface area contributed by atoms with Crippen molar-refractivity contribution in [1.29, 1.82) is 0 Å². The monoisotopic (exact) mass is 128 g/mol. The smallest absolute Gasteiger partial charge is 0.0232 e. The van der Waals surface area contributed by atoms with Crippen LogP contribution in [0, 0.1) is 0 Å². The van der Waals surface area contributed by atoms with Gasteiger partial charge in [0, 0.05) is 19.1 Å². The minimum absolute atomic E-state index is 0.833. The van der Waals surface area contributed by atoms with Crippen LogP contribution < -0.4 is 5.32 Å². The maximum Gasteiger partial charge on any atom is 0.0232 e. The predicted octanol–water partition coefficient (Wildman–Crippen LogP) is 0.300. The van der Waals surface area contributed by atoms with Gasteiger partial charge in [0.25, 0.3) is 0 Å². The first kappa shape index (κ1) is 7.03. The van der Waals surface area contributed by atoms with Crippen molar-refractivity contribution in [2.24, 2.45) is 0 Å². The lowest BCUT2D eigenvalue weighted by Gasteiger charge is -2.40. The predicted molar refractivity (Wildman–Crippen MR) is 39.6 cm³/mol. The second kappa shape index (κ2) is 3.18. The van der Waals surface area contributed by atoms with Crippen molar-refractivity contribution in [2.45, 2.75) is 19.4 Å². The van der Waals surface area contributed by atoms with Gasteiger partial charge in [-0.05, 0) is 20.0 Å². The molecule has 0 bridgehead atoms. The second-order valence-corrected chi connectivity index (χ2v) is 2.63. The number of rotatable bonds is 3. The minimum atomic E-state index is 0.833. The Labute approximate surface area is 57.2 Å². The van der Waals surface area contributed by atoms with Crippen molar-refractivity contribution < 1.29 is 0 Å². The summed E-state index contributed by atoms with van der Waals surface area (Å²) in [4.78, 5) is 2.50. The molecule has 0 spiro atoms. The molecule has 0 amide bonds. The highest BCUT2D eigenvalue weighted by Gasteiger charge is 2.24. The largest absolute Gasteiger partial charge is 0.318 e. The molecule has 0 radical (unpaired) electrons. The molecule has 1 fully saturated rings. The first-order valence-electron chi connectivity index (χ1n) is 3.77. The fraction of sp³-hybridized carbons (Fsp3) is 1.00. The number of likely N-dealkylation sites (tertiary alicyclic amines) is 1. The molecule has 1 aliphatic heterocycles. The summed E-state index contributed by atoms with van der Waals surface area (Å²) in [5, 5.41) is 3.19. The van der Waals surface area contributed by atoms with Crippen LogP contribution in [0.15, 0.2) is 0 Å². The first-order chi connectivity index (χ1) is 4.38. The summed E-state index contributed by atoms with van der Waals surface area (Å²) in [5.41, 5.74) is 0. The van der Waals surface area contributed by atoms with E-state index in [1.807, 2.05) is 7.05 Å². The van der Waals surface area contributed by atoms with Crippen molar-refractivity contribution in [2.75, 3.05) is 26.7 Å². The van der Waals surface area contributed by atoms with Gasteiger partial charge in [-0.2, -0.15) is 0 Å². The maximum absolute atomic E-state index is 3.19. The van der Waals surface area contributed by atoms with Crippen molar-refractivity contribution in [1.82, 2.24) is 10.2 Å². The quantitative estimate of drug-likeness (QED) is 0.588. The highest BCUT2D eigenvalue weighted by molar-refractivity contribution is 4.82. The number of hydrogen-bond acceptors (Lipinski definition) is 2. The molecule has 0 saturated carbocycles. The number of nitrogens with zero attached hydrogens (tertiary/aromatic N) is 1. The molecule has 1 unspecified atom stereocenters. The van der Waals surface area contributed by atoms with Crippen LogP contribution in [0.2, 0.25) is 0 Å². The molecule has 9 heavy (non-hydrogen) atoms. The van der Waals surface area contributed by atoms with E-state index in [4.69, 9.17) is 0 Å². The Morgan fingerprint density at radius 1 is 1.67 bits per heavy atom. The topological polar surface area (TPSA) is 15.3 Å². The van der Waals surface area contributed by atoms with Crippen LogP contribution in [0.25, 0.3) is 0 Å². The molecule has 1 heterocycles. The van der Waals surface area contributed by atoms with Gasteiger partial charge in [0.15, 0.2) is 0 Å². The van der Waals surface area contributed by atoms with Crippen LogP contribution in [0.1, 0.15) is 13.3 Å². The lowest BCUT2D eigenvalue weighted by atomic mass is 10.0. The molecule has 0 aromatic heterocycles. The van der Waals surface area contributed by atoms with Crippen molar-refractivity contribution in [3.8, 4) is 0 Å². The Hall–Kier alpha value is -0.0800. The Kier molecular flexibility index (Phi) is 2.49. The molecule has 0 aliphatic carbocycles. The first-order valence-corrected chi connectivity index (χ1v) is 3.77. The van der Waals surface area contributed by atoms with Gasteiger partial charge in [-0.3, -0.25) is 4.90 Å². The third kappa shape index (κ3) is 1.43. The van der Waals surface area contributed by atoms with E-state index < -0.39 is 0 Å². The summed E-state index contributed by atoms with van der Waals surface area (Å²) < 4.78 is 0. The van der Waals surface area contributed by atoms with E-state index in [2.05, 4.69) is 17.1 Å². The van der Waals surface area contributed by atoms with Gasteiger partial charge in [0.2, 0.25) is 0 Å². The van der Waals surface area contributed by atoms with Crippen LogP contribution in [0.3, 0.4) is 0 Å². The summed E-state index contributed by atoms with van der Waals surface area (Å²) >= 11 is 0. The SMILES string of the molecule is CCN1CCC1CNC. The van der Waals surface area contributed by atoms with Gasteiger partial charge in [-0.15, -0.1) is 0 Å². The van der Waals surface area contributed by atoms with Gasteiger partial charge < -0.3 is 5.32 Å². The molecule has 1 saturated heterocycles. The Morgan fingerprint density at radius 3 is 2.78 bits per heavy atom. The van der Waals surface area contributed by atoms with Crippen LogP contribution in [-0.2, 0) is 0 Å². The summed E-state index contributed by atoms with van der Waals surface area (Å²) in [6, 6.07) is 0.833. The molecule has 1 N–H and O–H groups in total. The Morgan fingerprint density at radius 2 is 2.44 bits per heavy atom. The highest BCUT2D eigenvalue weighted by atomic mass is 15.2. The van der Waals surface area contributed by atoms with E-state index in [0.717, 1.165) is 12.6 Å². The van der Waals surface area contributed by atoms with Crippen molar-refractivity contribution >= 4 is 0 Å². The molecule has 0 aromatic carbocycles. The summed E-state index contributed by atoms with van der Waals surface area (Å²) in [6.45, 7) is 5.91. The number of hydrogen-bond donors (Lipinski definition) is 1. The second-order valence-electron chi connectivity index (χ2n) is 2.63. The van der Waals surface area contributed by atoms with E-state index in [9.17, 15) is 0 Å². The molecule has 2 nitrogen and oxygen atoms in total. The minimum Gasteiger partial charge on any atom is -0.318 e. The third-order valence-corrected chi connectivity index (χ3v) is 2.11. The van der Waals surface area contributed by atoms with Gasteiger partial charge in [-0.25, -0.2) is 0 Å². The fourth-order valence-corrected chi connectivity index (χ4v) is 1.38. The van der Waals surface area contributed by atoms with E-state index in [-0.39, 0.29) is 0 Å². The van der Waals surface area contributed by atoms with Crippen LogP contribution in [0.5, 0.6) is 0 Å². The van der Waals surface area contributed by atoms with Gasteiger partial charge in [0.1, 0.15) is 0 Å². The van der Waals surface area contributed by atoms with E-state index in [1.165, 1.54) is 19.5 Å². The molecule has 1 aliphatic rings. The zero-order chi connectivity index (χ0) is 6.69. The van der Waals surface area contributed by atoms with Crippen LogP contribution >= 0.6 is 0 Å². The third-order valence-electron chi connectivity index (χ3n) is 2.11. The van der Waals surface area contributed by atoms with E-state index in [0.29, 0.717) is 0 Å². The highest BCUT2D eigenvalue weighted by Crippen LogP contribution is 2.14. The van der Waals surface area contributed by atoms with Crippen LogP contribution in [-0.4, -0.2) is 37.6 Å². The Bertz CT molecular complexity index is 81.0. The number of likely N-dealkylation sites (N-methyl/N-ethyl adjacent to an activating group) is 2. The molecular formula is C7H16N2. The molecule has 54 valence electrons. The standard InChI is InChI=1S/C7H16N2/c1-3-9-5-4-7(9)6-8-2/h7-8H,3-6H2,1-2H3. The molecule has 1 atom stereocenters. The van der Waals surface area contributed by atoms with E-state index in [1.54, 1.807) is 0 Å². The normalized spacial score (nSPS) is 28.0. The zero-order valence-electron chi connectivity index (χ0n) is 6.35. The lowest BCUT2D eigenvalue weighted by molar-refractivity contribution is 0.0988. The average molecular weight is 128 g/mol. The zero-order valence-corrected chi connectivity index (χ0v) is 6.35. The Balaban J connectivity index is 2.11. The molecular weight excluding hydrogens is 112 g/mol. The average Bonchev–Trinajstić information content (AvgIpc) is 1.82. The molecule has 1 rings (SSSR count). The molecule has 0 aromatic rings. The fourth-order valence-electron chi connectivity index (χ4n) is 1.38. The van der Waals surface area contributed by atoms with E-state index >= 15 is 0 Å². The van der Waals surface area contributed by atoms with Gasteiger partial charge in [0.05, 0.1) is 0 Å². The van der Waals surface area contributed by atoms with Gasteiger partial charge >= 0.3 is 0 Å². The lowest BCUT2D eigenvalue weighted by Crippen LogP contribution is -2.51.